The monoisotopic (exact) mass is 442 g/mol. The average molecular weight is 443 g/mol. The summed E-state index contributed by atoms with van der Waals surface area (Å²) in [5.74, 6) is -1.07. The quantitative estimate of drug-likeness (QED) is 0.632. The van der Waals surface area contributed by atoms with Gasteiger partial charge in [-0.1, -0.05) is 38.8 Å². The summed E-state index contributed by atoms with van der Waals surface area (Å²) >= 11 is 0. The Morgan fingerprint density at radius 1 is 1.22 bits per heavy atom. The highest BCUT2D eigenvalue weighted by atomic mass is 16.6. The summed E-state index contributed by atoms with van der Waals surface area (Å²) in [7, 11) is 0. The Balaban J connectivity index is 1.71. The molecule has 0 heterocycles. The van der Waals surface area contributed by atoms with E-state index < -0.39 is 34.8 Å². The van der Waals surface area contributed by atoms with E-state index in [9.17, 15) is 24.3 Å². The number of hydrogen-bond donors (Lipinski definition) is 1. The Kier molecular flexibility index (Phi) is 5.81. The number of Topliss-reactive ketones (excluding diaryl/α,β-unsaturated/α-hetero) is 2. The first kappa shape index (κ1) is 23.1. The molecule has 174 valence electrons. The lowest BCUT2D eigenvalue weighted by atomic mass is 9.46. The van der Waals surface area contributed by atoms with Crippen molar-refractivity contribution < 1.29 is 29.0 Å². The van der Waals surface area contributed by atoms with Crippen molar-refractivity contribution in [1.29, 1.82) is 0 Å². The molecule has 6 atom stereocenters. The van der Waals surface area contributed by atoms with Crippen molar-refractivity contribution in [3.8, 4) is 0 Å². The Hall–Kier alpha value is -2.08. The van der Waals surface area contributed by atoms with Gasteiger partial charge in [0.05, 0.1) is 0 Å². The predicted molar refractivity (Wildman–Crippen MR) is 117 cm³/mol. The third-order valence-corrected chi connectivity index (χ3v) is 8.99. The van der Waals surface area contributed by atoms with Crippen molar-refractivity contribution >= 4 is 23.3 Å². The van der Waals surface area contributed by atoms with Crippen LogP contribution in [0.15, 0.2) is 23.8 Å². The molecule has 0 unspecified atom stereocenters. The van der Waals surface area contributed by atoms with Crippen molar-refractivity contribution in [3.63, 3.8) is 0 Å². The summed E-state index contributed by atoms with van der Waals surface area (Å²) in [4.78, 5) is 51.4. The number of ether oxygens (including phenoxy) is 1. The van der Waals surface area contributed by atoms with E-state index in [2.05, 4.69) is 0 Å². The molecule has 0 aromatic carbocycles. The van der Waals surface area contributed by atoms with Crippen molar-refractivity contribution in [1.82, 2.24) is 0 Å². The molecule has 32 heavy (non-hydrogen) atoms. The second-order valence-corrected chi connectivity index (χ2v) is 10.6. The summed E-state index contributed by atoms with van der Waals surface area (Å²) in [5, 5.41) is 9.80. The molecule has 6 heteroatoms. The molecule has 3 saturated carbocycles. The zero-order chi connectivity index (χ0) is 23.3. The molecule has 4 rings (SSSR count). The molecule has 0 aromatic heterocycles. The lowest BCUT2D eigenvalue weighted by molar-refractivity contribution is -0.191. The van der Waals surface area contributed by atoms with Gasteiger partial charge in [0.2, 0.25) is 5.78 Å². The van der Waals surface area contributed by atoms with E-state index >= 15 is 0 Å². The number of fused-ring (bicyclic) bond motifs is 5. The van der Waals surface area contributed by atoms with Crippen molar-refractivity contribution in [2.75, 3.05) is 6.61 Å². The molecule has 0 radical (unpaired) electrons. The second kappa shape index (κ2) is 8.05. The van der Waals surface area contributed by atoms with Gasteiger partial charge >= 0.3 is 5.97 Å². The van der Waals surface area contributed by atoms with Crippen LogP contribution in [-0.4, -0.2) is 40.6 Å². The Morgan fingerprint density at radius 2 is 1.97 bits per heavy atom. The van der Waals surface area contributed by atoms with Crippen LogP contribution in [0.5, 0.6) is 0 Å². The number of unbranched alkanes of at least 4 members (excludes halogenated alkanes) is 1. The van der Waals surface area contributed by atoms with E-state index in [0.717, 1.165) is 24.8 Å². The fraction of sp³-hybridized carbons (Fsp3) is 0.692. The number of hydrogen-bond acceptors (Lipinski definition) is 6. The standard InChI is InChI=1S/C26H34O6/c1-4-5-6-22(31)32-26(21(30)15-27)12-10-19-18-8-7-16-13-17(28)9-11-24(16,2)23(18)20(29)14-25(19,26)3/h9,11,13,18-19,23,27H,4-8,10,12,14-15H2,1-3H3/t18-,19-,23+,24-,25-,26-/m0/s1. The van der Waals surface area contributed by atoms with Gasteiger partial charge in [0.25, 0.3) is 0 Å². The van der Waals surface area contributed by atoms with Crippen molar-refractivity contribution in [2.45, 2.75) is 77.7 Å². The minimum atomic E-state index is -1.45. The molecule has 0 amide bonds. The molecular formula is C26H34O6. The minimum Gasteiger partial charge on any atom is -0.450 e. The Bertz CT molecular complexity index is 915. The first-order valence-electron chi connectivity index (χ1n) is 12.0. The number of carbonyl (C=O) groups excluding carboxylic acids is 4. The molecule has 4 aliphatic rings. The van der Waals surface area contributed by atoms with Crippen LogP contribution in [-0.2, 0) is 23.9 Å². The number of aliphatic hydroxyl groups is 1. The highest BCUT2D eigenvalue weighted by Crippen LogP contribution is 2.66. The van der Waals surface area contributed by atoms with Gasteiger partial charge in [-0.15, -0.1) is 0 Å². The van der Waals surface area contributed by atoms with Gasteiger partial charge < -0.3 is 9.84 Å². The van der Waals surface area contributed by atoms with Gasteiger partial charge in [-0.2, -0.15) is 0 Å². The molecule has 1 N–H and O–H groups in total. The fourth-order valence-corrected chi connectivity index (χ4v) is 7.39. The van der Waals surface area contributed by atoms with Gasteiger partial charge in [-0.3, -0.25) is 19.2 Å². The molecule has 6 nitrogen and oxygen atoms in total. The second-order valence-electron chi connectivity index (χ2n) is 10.6. The van der Waals surface area contributed by atoms with Gasteiger partial charge in [-0.25, -0.2) is 0 Å². The summed E-state index contributed by atoms with van der Waals surface area (Å²) in [6.07, 6.45) is 9.54. The molecule has 3 fully saturated rings. The number of ketones is 3. The number of carbonyl (C=O) groups is 4. The van der Waals surface area contributed by atoms with E-state index in [1.807, 2.05) is 26.8 Å². The van der Waals surface area contributed by atoms with E-state index in [0.29, 0.717) is 19.3 Å². The van der Waals surface area contributed by atoms with Crippen molar-refractivity contribution in [3.05, 3.63) is 23.8 Å². The van der Waals surface area contributed by atoms with E-state index in [-0.39, 0.29) is 42.2 Å². The molecule has 4 aliphatic carbocycles. The Morgan fingerprint density at radius 3 is 2.66 bits per heavy atom. The molecule has 0 bridgehead atoms. The smallest absolute Gasteiger partial charge is 0.306 e. The zero-order valence-corrected chi connectivity index (χ0v) is 19.3. The van der Waals surface area contributed by atoms with Crippen LogP contribution >= 0.6 is 0 Å². The van der Waals surface area contributed by atoms with E-state index in [1.54, 1.807) is 12.2 Å². The number of allylic oxidation sites excluding steroid dienone is 4. The first-order valence-corrected chi connectivity index (χ1v) is 12.0. The van der Waals surface area contributed by atoms with Gasteiger partial charge in [0, 0.05) is 29.6 Å². The molecular weight excluding hydrogens is 408 g/mol. The molecule has 0 aromatic rings. The van der Waals surface area contributed by atoms with Crippen LogP contribution in [0.25, 0.3) is 0 Å². The van der Waals surface area contributed by atoms with Gasteiger partial charge in [0.1, 0.15) is 12.4 Å². The largest absolute Gasteiger partial charge is 0.450 e. The molecule has 0 spiro atoms. The minimum absolute atomic E-state index is 0.0311. The summed E-state index contributed by atoms with van der Waals surface area (Å²) < 4.78 is 5.93. The summed E-state index contributed by atoms with van der Waals surface area (Å²) in [5.41, 5.74) is -1.75. The summed E-state index contributed by atoms with van der Waals surface area (Å²) in [6, 6.07) is 0. The van der Waals surface area contributed by atoms with E-state index in [1.165, 1.54) is 0 Å². The first-order chi connectivity index (χ1) is 15.1. The van der Waals surface area contributed by atoms with E-state index in [4.69, 9.17) is 4.74 Å². The van der Waals surface area contributed by atoms with Crippen LogP contribution < -0.4 is 0 Å². The molecule has 0 saturated heterocycles. The maximum Gasteiger partial charge on any atom is 0.306 e. The maximum absolute atomic E-state index is 13.7. The zero-order valence-electron chi connectivity index (χ0n) is 19.3. The van der Waals surface area contributed by atoms with Crippen LogP contribution in [0.4, 0.5) is 0 Å². The maximum atomic E-state index is 13.7. The third kappa shape index (κ3) is 3.17. The number of rotatable bonds is 6. The topological polar surface area (TPSA) is 97.7 Å². The molecule has 0 aliphatic heterocycles. The lowest BCUT2D eigenvalue weighted by Gasteiger charge is -2.57. The predicted octanol–water partition coefficient (Wildman–Crippen LogP) is 3.51. The van der Waals surface area contributed by atoms with Gasteiger partial charge in [-0.05, 0) is 56.1 Å². The van der Waals surface area contributed by atoms with Crippen LogP contribution in [0.1, 0.15) is 72.1 Å². The fourth-order valence-electron chi connectivity index (χ4n) is 7.39. The van der Waals surface area contributed by atoms with Crippen LogP contribution in [0, 0.1) is 28.6 Å². The SMILES string of the molecule is CCCCC(=O)O[C@]1(C(=O)CO)CC[C@H]2[C@@H]3CCC4=CC(=O)C=C[C@]4(C)[C@H]3C(=O)C[C@@]21C. The average Bonchev–Trinajstić information content (AvgIpc) is 3.04. The van der Waals surface area contributed by atoms with Crippen LogP contribution in [0.3, 0.4) is 0 Å². The number of esters is 1. The van der Waals surface area contributed by atoms with Crippen LogP contribution in [0.2, 0.25) is 0 Å². The number of aliphatic hydroxyl groups excluding tert-OH is 1. The van der Waals surface area contributed by atoms with Gasteiger partial charge in [0.15, 0.2) is 11.4 Å². The highest BCUT2D eigenvalue weighted by molar-refractivity contribution is 6.02. The normalized spacial score (nSPS) is 40.2. The third-order valence-electron chi connectivity index (χ3n) is 8.99. The lowest BCUT2D eigenvalue weighted by Crippen LogP contribution is -2.62. The summed E-state index contributed by atoms with van der Waals surface area (Å²) in [6.45, 7) is 5.23. The highest BCUT2D eigenvalue weighted by Gasteiger charge is 2.70. The van der Waals surface area contributed by atoms with Crippen molar-refractivity contribution in [2.24, 2.45) is 28.6 Å². The Labute approximate surface area is 189 Å².